The first-order chi connectivity index (χ1) is 11.5. The highest BCUT2D eigenvalue weighted by Crippen LogP contribution is 2.15. The lowest BCUT2D eigenvalue weighted by molar-refractivity contribution is 0.646. The third-order valence-electron chi connectivity index (χ3n) is 4.01. The van der Waals surface area contributed by atoms with Gasteiger partial charge in [-0.1, -0.05) is 68.4 Å². The van der Waals surface area contributed by atoms with Crippen molar-refractivity contribution in [2.24, 2.45) is 5.92 Å². The predicted octanol–water partition coefficient (Wildman–Crippen LogP) is 4.65. The summed E-state index contributed by atoms with van der Waals surface area (Å²) in [5.74, 6) is 0.688. The molecular formula is C21H28N2S. The molecule has 0 bridgehead atoms. The van der Waals surface area contributed by atoms with Crippen LogP contribution >= 0.6 is 12.2 Å². The Balaban J connectivity index is 1.76. The molecule has 0 aliphatic heterocycles. The second kappa shape index (κ2) is 9.43. The maximum absolute atomic E-state index is 5.41. The zero-order valence-electron chi connectivity index (χ0n) is 14.9. The van der Waals surface area contributed by atoms with E-state index in [0.29, 0.717) is 11.0 Å². The summed E-state index contributed by atoms with van der Waals surface area (Å²) in [6.45, 7) is 7.48. The van der Waals surface area contributed by atoms with Crippen LogP contribution < -0.4 is 10.6 Å². The molecule has 0 amide bonds. The lowest BCUT2D eigenvalue weighted by Gasteiger charge is -2.18. The van der Waals surface area contributed by atoms with Crippen molar-refractivity contribution in [2.45, 2.75) is 39.7 Å². The molecular weight excluding hydrogens is 312 g/mol. The molecule has 128 valence electrons. The van der Waals surface area contributed by atoms with Gasteiger partial charge in [-0.3, -0.25) is 0 Å². The largest absolute Gasteiger partial charge is 0.362 e. The van der Waals surface area contributed by atoms with Gasteiger partial charge < -0.3 is 10.6 Å². The van der Waals surface area contributed by atoms with Gasteiger partial charge in [-0.25, -0.2) is 0 Å². The third kappa shape index (κ3) is 6.32. The fourth-order valence-corrected chi connectivity index (χ4v) is 2.99. The molecule has 0 fully saturated rings. The van der Waals surface area contributed by atoms with Crippen molar-refractivity contribution in [3.05, 3.63) is 71.3 Å². The van der Waals surface area contributed by atoms with Gasteiger partial charge in [0, 0.05) is 6.54 Å². The van der Waals surface area contributed by atoms with E-state index >= 15 is 0 Å². The van der Waals surface area contributed by atoms with Crippen LogP contribution in [-0.4, -0.2) is 11.7 Å². The van der Waals surface area contributed by atoms with Crippen LogP contribution in [0.25, 0.3) is 0 Å². The molecule has 0 heterocycles. The maximum Gasteiger partial charge on any atom is 0.166 e. The molecule has 2 nitrogen and oxygen atoms in total. The summed E-state index contributed by atoms with van der Waals surface area (Å²) in [7, 11) is 0. The van der Waals surface area contributed by atoms with E-state index in [4.69, 9.17) is 12.2 Å². The minimum absolute atomic E-state index is 0.204. The summed E-state index contributed by atoms with van der Waals surface area (Å²) in [4.78, 5) is 0. The smallest absolute Gasteiger partial charge is 0.166 e. The lowest BCUT2D eigenvalue weighted by atomic mass is 10.00. The van der Waals surface area contributed by atoms with Crippen molar-refractivity contribution >= 4 is 17.3 Å². The first kappa shape index (κ1) is 18.5. The van der Waals surface area contributed by atoms with Gasteiger partial charge in [0.1, 0.15) is 0 Å². The zero-order chi connectivity index (χ0) is 17.4. The number of hydrogen-bond acceptors (Lipinski definition) is 1. The number of thiocarbonyl (C=S) groups is 1. The molecule has 24 heavy (non-hydrogen) atoms. The van der Waals surface area contributed by atoms with Gasteiger partial charge >= 0.3 is 0 Å². The van der Waals surface area contributed by atoms with Gasteiger partial charge in [0.05, 0.1) is 6.04 Å². The average Bonchev–Trinajstić information content (AvgIpc) is 2.56. The van der Waals surface area contributed by atoms with Crippen LogP contribution in [0.2, 0.25) is 0 Å². The van der Waals surface area contributed by atoms with Crippen LogP contribution in [0, 0.1) is 5.92 Å². The summed E-state index contributed by atoms with van der Waals surface area (Å²) in [6.07, 6.45) is 2.10. The standard InChI is InChI=1S/C21H28N2S/c1-16(2)15-19-9-11-20(12-10-19)17(3)23-21(24)22-14-13-18-7-5-4-6-8-18/h4-12,16-17H,13-15H2,1-3H3,(H2,22,23,24)/t17-/m0/s1. The Morgan fingerprint density at radius 2 is 1.58 bits per heavy atom. The number of benzene rings is 2. The van der Waals surface area contributed by atoms with E-state index in [-0.39, 0.29) is 6.04 Å². The molecule has 3 heteroatoms. The molecule has 2 aromatic carbocycles. The van der Waals surface area contributed by atoms with Crippen molar-refractivity contribution in [2.75, 3.05) is 6.54 Å². The molecule has 0 unspecified atom stereocenters. The first-order valence-corrected chi connectivity index (χ1v) is 9.12. The highest BCUT2D eigenvalue weighted by molar-refractivity contribution is 7.80. The van der Waals surface area contributed by atoms with Gasteiger partial charge in [0.25, 0.3) is 0 Å². The second-order valence-corrected chi connectivity index (χ2v) is 7.11. The number of hydrogen-bond donors (Lipinski definition) is 2. The van der Waals surface area contributed by atoms with Crippen molar-refractivity contribution in [3.63, 3.8) is 0 Å². The lowest BCUT2D eigenvalue weighted by Crippen LogP contribution is -2.37. The van der Waals surface area contributed by atoms with Crippen LogP contribution in [0.15, 0.2) is 54.6 Å². The van der Waals surface area contributed by atoms with Crippen LogP contribution in [0.3, 0.4) is 0 Å². The topological polar surface area (TPSA) is 24.1 Å². The van der Waals surface area contributed by atoms with Gasteiger partial charge in [0.2, 0.25) is 0 Å². The highest BCUT2D eigenvalue weighted by atomic mass is 32.1. The van der Waals surface area contributed by atoms with E-state index in [2.05, 4.69) is 79.9 Å². The van der Waals surface area contributed by atoms with E-state index in [1.165, 1.54) is 16.7 Å². The van der Waals surface area contributed by atoms with E-state index < -0.39 is 0 Å². The van der Waals surface area contributed by atoms with Crippen molar-refractivity contribution < 1.29 is 0 Å². The van der Waals surface area contributed by atoms with E-state index in [0.717, 1.165) is 19.4 Å². The molecule has 2 aromatic rings. The molecule has 0 radical (unpaired) electrons. The molecule has 0 saturated carbocycles. The third-order valence-corrected chi connectivity index (χ3v) is 4.28. The SMILES string of the molecule is CC(C)Cc1ccc([C@H](C)NC(=S)NCCc2ccccc2)cc1. The second-order valence-electron chi connectivity index (χ2n) is 6.70. The monoisotopic (exact) mass is 340 g/mol. The van der Waals surface area contributed by atoms with Crippen molar-refractivity contribution in [1.29, 1.82) is 0 Å². The fourth-order valence-electron chi connectivity index (χ4n) is 2.71. The zero-order valence-corrected chi connectivity index (χ0v) is 15.7. The Morgan fingerprint density at radius 1 is 0.917 bits per heavy atom. The molecule has 0 saturated heterocycles. The number of rotatable bonds is 7. The Morgan fingerprint density at radius 3 is 2.21 bits per heavy atom. The summed E-state index contributed by atoms with van der Waals surface area (Å²) >= 11 is 5.41. The predicted molar refractivity (Wildman–Crippen MR) is 107 cm³/mol. The Bertz CT molecular complexity index is 620. The van der Waals surface area contributed by atoms with Gasteiger partial charge in [0.15, 0.2) is 5.11 Å². The van der Waals surface area contributed by atoms with E-state index in [1.807, 2.05) is 6.07 Å². The van der Waals surface area contributed by atoms with E-state index in [1.54, 1.807) is 0 Å². The molecule has 0 aliphatic rings. The van der Waals surface area contributed by atoms with Gasteiger partial charge in [-0.2, -0.15) is 0 Å². The fraction of sp³-hybridized carbons (Fsp3) is 0.381. The van der Waals surface area contributed by atoms with Crippen LogP contribution in [-0.2, 0) is 12.8 Å². The highest BCUT2D eigenvalue weighted by Gasteiger charge is 2.07. The normalized spacial score (nSPS) is 12.0. The quantitative estimate of drug-likeness (QED) is 0.717. The Labute approximate surface area is 151 Å². The van der Waals surface area contributed by atoms with E-state index in [9.17, 15) is 0 Å². The van der Waals surface area contributed by atoms with Crippen LogP contribution in [0.5, 0.6) is 0 Å². The maximum atomic E-state index is 5.41. The number of nitrogens with one attached hydrogen (secondary N) is 2. The first-order valence-electron chi connectivity index (χ1n) is 8.71. The summed E-state index contributed by atoms with van der Waals surface area (Å²) < 4.78 is 0. The summed E-state index contributed by atoms with van der Waals surface area (Å²) in [5, 5.41) is 7.37. The average molecular weight is 341 g/mol. The Hall–Kier alpha value is -1.87. The van der Waals surface area contributed by atoms with Gasteiger partial charge in [-0.15, -0.1) is 0 Å². The minimum atomic E-state index is 0.204. The molecule has 1 atom stereocenters. The summed E-state index contributed by atoms with van der Waals surface area (Å²) in [5.41, 5.74) is 3.97. The molecule has 2 N–H and O–H groups in total. The minimum Gasteiger partial charge on any atom is -0.362 e. The van der Waals surface area contributed by atoms with Crippen LogP contribution in [0.4, 0.5) is 0 Å². The van der Waals surface area contributed by atoms with Crippen LogP contribution in [0.1, 0.15) is 43.5 Å². The molecule has 0 aromatic heterocycles. The summed E-state index contributed by atoms with van der Waals surface area (Å²) in [6, 6.07) is 19.5. The van der Waals surface area contributed by atoms with Crippen molar-refractivity contribution in [3.8, 4) is 0 Å². The molecule has 0 aliphatic carbocycles. The van der Waals surface area contributed by atoms with Gasteiger partial charge in [-0.05, 0) is 54.6 Å². The molecule has 0 spiro atoms. The van der Waals surface area contributed by atoms with Crippen molar-refractivity contribution in [1.82, 2.24) is 10.6 Å². The molecule has 2 rings (SSSR count). The Kier molecular flexibility index (Phi) is 7.26.